The van der Waals surface area contributed by atoms with Crippen LogP contribution in [0.3, 0.4) is 0 Å². The van der Waals surface area contributed by atoms with Crippen molar-refractivity contribution in [3.8, 4) is 0 Å². The number of aromatic nitrogens is 4. The van der Waals surface area contributed by atoms with Crippen molar-refractivity contribution < 1.29 is 4.52 Å². The molecule has 0 radical (unpaired) electrons. The van der Waals surface area contributed by atoms with Crippen molar-refractivity contribution in [1.29, 1.82) is 0 Å². The molecule has 1 unspecified atom stereocenters. The molecule has 3 heterocycles. The van der Waals surface area contributed by atoms with Gasteiger partial charge in [0.2, 0.25) is 0 Å². The van der Waals surface area contributed by atoms with E-state index >= 15 is 0 Å². The zero-order valence-electron chi connectivity index (χ0n) is 13.3. The molecule has 6 nitrogen and oxygen atoms in total. The van der Waals surface area contributed by atoms with Crippen molar-refractivity contribution in [1.82, 2.24) is 19.7 Å². The smallest absolute Gasteiger partial charge is 0.324 e. The van der Waals surface area contributed by atoms with Crippen LogP contribution >= 0.6 is 0 Å². The lowest BCUT2D eigenvalue weighted by Crippen LogP contribution is -2.22. The maximum Gasteiger partial charge on any atom is 0.324 e. The van der Waals surface area contributed by atoms with Crippen LogP contribution in [0.1, 0.15) is 62.3 Å². The first-order valence-electron chi connectivity index (χ1n) is 8.35. The monoisotopic (exact) mass is 301 g/mol. The molecule has 6 heteroatoms. The SMILES string of the molecule is CC(C)c1noc(N2CCC(n3cnc4c3CCCC4)C2)n1. The summed E-state index contributed by atoms with van der Waals surface area (Å²) in [5.74, 6) is 1.09. The Balaban J connectivity index is 1.51. The Kier molecular flexibility index (Phi) is 3.39. The summed E-state index contributed by atoms with van der Waals surface area (Å²) in [6.45, 7) is 6.07. The second-order valence-corrected chi connectivity index (χ2v) is 6.73. The summed E-state index contributed by atoms with van der Waals surface area (Å²) in [5.41, 5.74) is 2.76. The van der Waals surface area contributed by atoms with Gasteiger partial charge in [-0.15, -0.1) is 0 Å². The normalized spacial score (nSPS) is 21.6. The van der Waals surface area contributed by atoms with Crippen LogP contribution in [-0.4, -0.2) is 32.8 Å². The maximum absolute atomic E-state index is 5.43. The van der Waals surface area contributed by atoms with Gasteiger partial charge in [-0.05, 0) is 32.1 Å². The van der Waals surface area contributed by atoms with Gasteiger partial charge in [0.1, 0.15) is 0 Å². The topological polar surface area (TPSA) is 60.0 Å². The molecule has 2 aliphatic rings. The standard InChI is InChI=1S/C16H23N5O/c1-11(2)15-18-16(22-19-15)20-8-7-12(9-20)21-10-17-13-5-3-4-6-14(13)21/h10-12H,3-9H2,1-2H3. The fraction of sp³-hybridized carbons (Fsp3) is 0.688. The molecule has 0 N–H and O–H groups in total. The predicted octanol–water partition coefficient (Wildman–Crippen LogP) is 2.72. The third kappa shape index (κ3) is 2.30. The molecule has 1 fully saturated rings. The summed E-state index contributed by atoms with van der Waals surface area (Å²) < 4.78 is 7.83. The molecular weight excluding hydrogens is 278 g/mol. The number of imidazole rings is 1. The van der Waals surface area contributed by atoms with Gasteiger partial charge in [0.15, 0.2) is 5.82 Å². The van der Waals surface area contributed by atoms with Crippen LogP contribution < -0.4 is 4.90 Å². The van der Waals surface area contributed by atoms with Crippen molar-refractivity contribution in [2.45, 2.75) is 57.9 Å². The lowest BCUT2D eigenvalue weighted by Gasteiger charge is -2.19. The first-order valence-corrected chi connectivity index (χ1v) is 8.35. The van der Waals surface area contributed by atoms with Gasteiger partial charge < -0.3 is 14.0 Å². The van der Waals surface area contributed by atoms with Gasteiger partial charge in [0.05, 0.1) is 18.1 Å². The second kappa shape index (κ2) is 5.41. The van der Waals surface area contributed by atoms with Crippen molar-refractivity contribution in [2.75, 3.05) is 18.0 Å². The van der Waals surface area contributed by atoms with Gasteiger partial charge >= 0.3 is 6.01 Å². The van der Waals surface area contributed by atoms with Crippen molar-refractivity contribution in [3.63, 3.8) is 0 Å². The highest BCUT2D eigenvalue weighted by atomic mass is 16.5. The molecule has 1 saturated heterocycles. The van der Waals surface area contributed by atoms with Crippen LogP contribution in [0.15, 0.2) is 10.9 Å². The first-order chi connectivity index (χ1) is 10.7. The molecule has 2 aromatic rings. The number of aryl methyl sites for hydroxylation is 1. The van der Waals surface area contributed by atoms with Crippen LogP contribution in [0.25, 0.3) is 0 Å². The Morgan fingerprint density at radius 2 is 2.14 bits per heavy atom. The molecular formula is C16H23N5O. The van der Waals surface area contributed by atoms with E-state index in [9.17, 15) is 0 Å². The number of hydrogen-bond donors (Lipinski definition) is 0. The van der Waals surface area contributed by atoms with E-state index in [-0.39, 0.29) is 0 Å². The van der Waals surface area contributed by atoms with Crippen molar-refractivity contribution in [3.05, 3.63) is 23.5 Å². The molecule has 1 aliphatic heterocycles. The third-order valence-electron chi connectivity index (χ3n) is 4.83. The highest BCUT2D eigenvalue weighted by Crippen LogP contribution is 2.30. The van der Waals surface area contributed by atoms with E-state index in [1.807, 2.05) is 6.33 Å². The van der Waals surface area contributed by atoms with Crippen LogP contribution in [-0.2, 0) is 12.8 Å². The predicted molar refractivity (Wildman–Crippen MR) is 83.1 cm³/mol. The number of fused-ring (bicyclic) bond motifs is 1. The van der Waals surface area contributed by atoms with E-state index in [0.717, 1.165) is 31.8 Å². The molecule has 4 rings (SSSR count). The van der Waals surface area contributed by atoms with Gasteiger partial charge in [0, 0.05) is 24.7 Å². The Morgan fingerprint density at radius 3 is 2.95 bits per heavy atom. The minimum absolute atomic E-state index is 0.302. The second-order valence-electron chi connectivity index (χ2n) is 6.73. The molecule has 0 amide bonds. The number of nitrogens with zero attached hydrogens (tertiary/aromatic N) is 5. The van der Waals surface area contributed by atoms with Crippen molar-refractivity contribution in [2.24, 2.45) is 0 Å². The molecule has 0 bridgehead atoms. The molecule has 0 aromatic carbocycles. The lowest BCUT2D eigenvalue weighted by molar-refractivity contribution is 0.406. The summed E-state index contributed by atoms with van der Waals surface area (Å²) in [4.78, 5) is 11.3. The van der Waals surface area contributed by atoms with E-state index in [0.29, 0.717) is 18.0 Å². The van der Waals surface area contributed by atoms with Crippen molar-refractivity contribution >= 4 is 6.01 Å². The lowest BCUT2D eigenvalue weighted by atomic mass is 10.0. The minimum Gasteiger partial charge on any atom is -0.329 e. The highest BCUT2D eigenvalue weighted by molar-refractivity contribution is 5.29. The fourth-order valence-electron chi connectivity index (χ4n) is 3.54. The third-order valence-corrected chi connectivity index (χ3v) is 4.83. The molecule has 0 saturated carbocycles. The molecule has 1 aliphatic carbocycles. The molecule has 0 spiro atoms. The van der Waals surface area contributed by atoms with Gasteiger partial charge in [-0.3, -0.25) is 0 Å². The highest BCUT2D eigenvalue weighted by Gasteiger charge is 2.30. The largest absolute Gasteiger partial charge is 0.329 e. The Morgan fingerprint density at radius 1 is 1.27 bits per heavy atom. The molecule has 2 aromatic heterocycles. The average molecular weight is 301 g/mol. The number of anilines is 1. The van der Waals surface area contributed by atoms with Gasteiger partial charge in [0.25, 0.3) is 0 Å². The summed E-state index contributed by atoms with van der Waals surface area (Å²) in [5, 5.41) is 4.07. The van der Waals surface area contributed by atoms with Crippen LogP contribution in [0.4, 0.5) is 6.01 Å². The Labute approximate surface area is 130 Å². The summed E-state index contributed by atoms with van der Waals surface area (Å²) in [7, 11) is 0. The maximum atomic E-state index is 5.43. The summed E-state index contributed by atoms with van der Waals surface area (Å²) >= 11 is 0. The van der Waals surface area contributed by atoms with Crippen LogP contribution in [0, 0.1) is 0 Å². The van der Waals surface area contributed by atoms with E-state index < -0.39 is 0 Å². The minimum atomic E-state index is 0.302. The van der Waals surface area contributed by atoms with Crippen LogP contribution in [0.5, 0.6) is 0 Å². The average Bonchev–Trinajstić information content (AvgIpc) is 3.25. The Bertz CT molecular complexity index is 659. The summed E-state index contributed by atoms with van der Waals surface area (Å²) in [6.07, 6.45) is 8.03. The molecule has 22 heavy (non-hydrogen) atoms. The quantitative estimate of drug-likeness (QED) is 0.872. The number of rotatable bonds is 3. The number of hydrogen-bond acceptors (Lipinski definition) is 5. The zero-order valence-corrected chi connectivity index (χ0v) is 13.3. The molecule has 1 atom stereocenters. The van der Waals surface area contributed by atoms with Crippen LogP contribution in [0.2, 0.25) is 0 Å². The zero-order chi connectivity index (χ0) is 15.1. The van der Waals surface area contributed by atoms with E-state index in [1.54, 1.807) is 0 Å². The van der Waals surface area contributed by atoms with Gasteiger partial charge in [-0.2, -0.15) is 4.98 Å². The Hall–Kier alpha value is -1.85. The van der Waals surface area contributed by atoms with E-state index in [2.05, 4.69) is 38.4 Å². The summed E-state index contributed by atoms with van der Waals surface area (Å²) in [6, 6.07) is 1.14. The molecule has 118 valence electrons. The first kappa shape index (κ1) is 13.8. The van der Waals surface area contributed by atoms with E-state index in [4.69, 9.17) is 4.52 Å². The van der Waals surface area contributed by atoms with Gasteiger partial charge in [-0.1, -0.05) is 19.0 Å². The van der Waals surface area contributed by atoms with Gasteiger partial charge in [-0.25, -0.2) is 4.98 Å². The van der Waals surface area contributed by atoms with E-state index in [1.165, 1.54) is 30.7 Å². The fourth-order valence-corrected chi connectivity index (χ4v) is 3.54.